The first-order valence-electron chi connectivity index (χ1n) is 4.13. The number of ketones is 1. The Balaban J connectivity index is 2.57. The molecular formula is C10H9FO2. The molecule has 0 saturated heterocycles. The van der Waals surface area contributed by atoms with Crippen LogP contribution in [0.5, 0.6) is 0 Å². The Hall–Kier alpha value is -1.22. The second-order valence-electron chi connectivity index (χ2n) is 3.11. The SMILES string of the molecule is CC1OCC(=O)c2ccc(F)cc21. The molecule has 68 valence electrons. The molecule has 2 rings (SSSR count). The summed E-state index contributed by atoms with van der Waals surface area (Å²) in [6.45, 7) is 1.91. The Bertz CT molecular complexity index is 360. The van der Waals surface area contributed by atoms with Crippen LogP contribution in [0.25, 0.3) is 0 Å². The van der Waals surface area contributed by atoms with Gasteiger partial charge in [0.25, 0.3) is 0 Å². The van der Waals surface area contributed by atoms with Crippen LogP contribution in [-0.4, -0.2) is 12.4 Å². The first-order chi connectivity index (χ1) is 6.18. The molecule has 0 saturated carbocycles. The molecule has 0 fully saturated rings. The van der Waals surface area contributed by atoms with Crippen LogP contribution in [0.3, 0.4) is 0 Å². The lowest BCUT2D eigenvalue weighted by atomic mass is 9.97. The Morgan fingerprint density at radius 3 is 3.08 bits per heavy atom. The number of hydrogen-bond donors (Lipinski definition) is 0. The van der Waals surface area contributed by atoms with Crippen LogP contribution in [0, 0.1) is 5.82 Å². The lowest BCUT2D eigenvalue weighted by Gasteiger charge is -2.21. The summed E-state index contributed by atoms with van der Waals surface area (Å²) in [6.07, 6.45) is -0.191. The molecule has 0 N–H and O–H groups in total. The van der Waals surface area contributed by atoms with E-state index in [9.17, 15) is 9.18 Å². The molecule has 0 aromatic heterocycles. The Morgan fingerprint density at radius 2 is 2.31 bits per heavy atom. The van der Waals surface area contributed by atoms with E-state index in [0.29, 0.717) is 11.1 Å². The molecule has 13 heavy (non-hydrogen) atoms. The average Bonchev–Trinajstić information content (AvgIpc) is 2.12. The number of fused-ring (bicyclic) bond motifs is 1. The van der Waals surface area contributed by atoms with Crippen molar-refractivity contribution in [2.45, 2.75) is 13.0 Å². The summed E-state index contributed by atoms with van der Waals surface area (Å²) in [5.74, 6) is -0.406. The molecule has 3 heteroatoms. The maximum absolute atomic E-state index is 12.8. The number of halogens is 1. The Morgan fingerprint density at radius 1 is 1.54 bits per heavy atom. The lowest BCUT2D eigenvalue weighted by Crippen LogP contribution is -2.21. The van der Waals surface area contributed by atoms with Crippen molar-refractivity contribution < 1.29 is 13.9 Å². The summed E-state index contributed by atoms with van der Waals surface area (Å²) in [4.78, 5) is 11.3. The van der Waals surface area contributed by atoms with Crippen LogP contribution in [0.15, 0.2) is 18.2 Å². The molecule has 0 bridgehead atoms. The van der Waals surface area contributed by atoms with Crippen LogP contribution in [0.2, 0.25) is 0 Å². The van der Waals surface area contributed by atoms with E-state index in [1.165, 1.54) is 18.2 Å². The highest BCUT2D eigenvalue weighted by Crippen LogP contribution is 2.26. The maximum Gasteiger partial charge on any atom is 0.188 e. The van der Waals surface area contributed by atoms with Crippen molar-refractivity contribution in [2.24, 2.45) is 0 Å². The predicted octanol–water partition coefficient (Wildman–Crippen LogP) is 2.10. The summed E-state index contributed by atoms with van der Waals surface area (Å²) in [5.41, 5.74) is 1.23. The molecule has 1 aliphatic rings. The average molecular weight is 180 g/mol. The third-order valence-electron chi connectivity index (χ3n) is 2.22. The number of rotatable bonds is 0. The van der Waals surface area contributed by atoms with Gasteiger partial charge in [-0.1, -0.05) is 0 Å². The normalized spacial score (nSPS) is 21.4. The number of hydrogen-bond acceptors (Lipinski definition) is 2. The summed E-state index contributed by atoms with van der Waals surface area (Å²) in [7, 11) is 0. The molecule has 1 atom stereocenters. The van der Waals surface area contributed by atoms with E-state index < -0.39 is 0 Å². The van der Waals surface area contributed by atoms with Crippen LogP contribution < -0.4 is 0 Å². The quantitative estimate of drug-likeness (QED) is 0.611. The van der Waals surface area contributed by atoms with Gasteiger partial charge in [0.05, 0.1) is 6.10 Å². The molecule has 0 aliphatic carbocycles. The molecule has 1 aliphatic heterocycles. The zero-order valence-corrected chi connectivity index (χ0v) is 7.21. The van der Waals surface area contributed by atoms with Crippen molar-refractivity contribution in [3.8, 4) is 0 Å². The molecule has 2 nitrogen and oxygen atoms in total. The number of ether oxygens (including phenoxy) is 1. The summed E-state index contributed by atoms with van der Waals surface area (Å²) >= 11 is 0. The standard InChI is InChI=1S/C10H9FO2/c1-6-9-4-7(11)2-3-8(9)10(12)5-13-6/h2-4,6H,5H2,1H3. The van der Waals surface area contributed by atoms with E-state index in [1.807, 2.05) is 6.92 Å². The summed E-state index contributed by atoms with van der Waals surface area (Å²) in [6, 6.07) is 4.18. The molecule has 0 radical (unpaired) electrons. The third kappa shape index (κ3) is 1.35. The summed E-state index contributed by atoms with van der Waals surface area (Å²) in [5, 5.41) is 0. The molecule has 0 spiro atoms. The molecule has 0 amide bonds. The van der Waals surface area contributed by atoms with Crippen molar-refractivity contribution in [1.29, 1.82) is 0 Å². The Labute approximate surface area is 75.3 Å². The minimum atomic E-state index is -0.330. The zero-order valence-electron chi connectivity index (χ0n) is 7.21. The monoisotopic (exact) mass is 180 g/mol. The van der Waals surface area contributed by atoms with Gasteiger partial charge in [0.15, 0.2) is 5.78 Å². The van der Waals surface area contributed by atoms with Crippen LogP contribution in [0.1, 0.15) is 28.9 Å². The fraction of sp³-hybridized carbons (Fsp3) is 0.300. The minimum Gasteiger partial charge on any atom is -0.366 e. The van der Waals surface area contributed by atoms with Gasteiger partial charge in [-0.2, -0.15) is 0 Å². The van der Waals surface area contributed by atoms with Crippen LogP contribution in [-0.2, 0) is 4.74 Å². The second kappa shape index (κ2) is 2.92. The van der Waals surface area contributed by atoms with Crippen LogP contribution >= 0.6 is 0 Å². The minimum absolute atomic E-state index is 0.0758. The third-order valence-corrected chi connectivity index (χ3v) is 2.22. The van der Waals surface area contributed by atoms with Crippen molar-refractivity contribution >= 4 is 5.78 Å². The zero-order chi connectivity index (χ0) is 9.42. The van der Waals surface area contributed by atoms with Gasteiger partial charge in [-0.15, -0.1) is 0 Å². The van der Waals surface area contributed by atoms with Crippen LogP contribution in [0.4, 0.5) is 4.39 Å². The van der Waals surface area contributed by atoms with Crippen molar-refractivity contribution in [3.63, 3.8) is 0 Å². The molecule has 1 unspecified atom stereocenters. The number of benzene rings is 1. The van der Waals surface area contributed by atoms with E-state index >= 15 is 0 Å². The first-order valence-corrected chi connectivity index (χ1v) is 4.13. The molecule has 1 aromatic carbocycles. The van der Waals surface area contributed by atoms with Gasteiger partial charge < -0.3 is 4.74 Å². The maximum atomic E-state index is 12.8. The number of Topliss-reactive ketones (excluding diaryl/α,β-unsaturated/α-hetero) is 1. The fourth-order valence-corrected chi connectivity index (χ4v) is 1.49. The van der Waals surface area contributed by atoms with E-state index in [1.54, 1.807) is 0 Å². The smallest absolute Gasteiger partial charge is 0.188 e. The highest BCUT2D eigenvalue weighted by atomic mass is 19.1. The van der Waals surface area contributed by atoms with Crippen molar-refractivity contribution in [1.82, 2.24) is 0 Å². The van der Waals surface area contributed by atoms with Gasteiger partial charge in [-0.3, -0.25) is 4.79 Å². The van der Waals surface area contributed by atoms with Gasteiger partial charge in [0.2, 0.25) is 0 Å². The topological polar surface area (TPSA) is 26.3 Å². The lowest BCUT2D eigenvalue weighted by molar-refractivity contribution is 0.0435. The molecular weight excluding hydrogens is 171 g/mol. The predicted molar refractivity (Wildman–Crippen MR) is 45.1 cm³/mol. The van der Waals surface area contributed by atoms with E-state index in [-0.39, 0.29) is 24.3 Å². The largest absolute Gasteiger partial charge is 0.366 e. The van der Waals surface area contributed by atoms with Gasteiger partial charge in [0, 0.05) is 5.56 Å². The second-order valence-corrected chi connectivity index (χ2v) is 3.11. The van der Waals surface area contributed by atoms with Crippen molar-refractivity contribution in [3.05, 3.63) is 35.1 Å². The van der Waals surface area contributed by atoms with Gasteiger partial charge in [0.1, 0.15) is 12.4 Å². The van der Waals surface area contributed by atoms with E-state index in [2.05, 4.69) is 0 Å². The fourth-order valence-electron chi connectivity index (χ4n) is 1.49. The van der Waals surface area contributed by atoms with Gasteiger partial charge in [-0.25, -0.2) is 4.39 Å². The highest BCUT2D eigenvalue weighted by Gasteiger charge is 2.23. The van der Waals surface area contributed by atoms with E-state index in [4.69, 9.17) is 4.74 Å². The van der Waals surface area contributed by atoms with E-state index in [0.717, 1.165) is 0 Å². The number of carbonyl (C=O) groups is 1. The van der Waals surface area contributed by atoms with Gasteiger partial charge >= 0.3 is 0 Å². The molecule has 1 heterocycles. The van der Waals surface area contributed by atoms with Gasteiger partial charge in [-0.05, 0) is 30.7 Å². The Kier molecular flexibility index (Phi) is 1.88. The number of carbonyl (C=O) groups excluding carboxylic acids is 1. The molecule has 1 aromatic rings. The highest BCUT2D eigenvalue weighted by molar-refractivity contribution is 5.99. The summed E-state index contributed by atoms with van der Waals surface area (Å²) < 4.78 is 18.0. The first kappa shape index (κ1) is 8.38. The van der Waals surface area contributed by atoms with Crippen molar-refractivity contribution in [2.75, 3.05) is 6.61 Å².